The monoisotopic (exact) mass is 447 g/mol. The van der Waals surface area contributed by atoms with Crippen molar-refractivity contribution in [2.24, 2.45) is 0 Å². The molecular weight excluding hydrogens is 428 g/mol. The van der Waals surface area contributed by atoms with Crippen molar-refractivity contribution in [3.63, 3.8) is 0 Å². The van der Waals surface area contributed by atoms with Gasteiger partial charge in [-0.2, -0.15) is 5.10 Å². The molecule has 8 nitrogen and oxygen atoms in total. The number of amides is 2. The van der Waals surface area contributed by atoms with E-state index < -0.39 is 36.4 Å². The van der Waals surface area contributed by atoms with Crippen molar-refractivity contribution < 1.29 is 23.5 Å². The van der Waals surface area contributed by atoms with Crippen LogP contribution >= 0.6 is 11.3 Å². The Morgan fingerprint density at radius 2 is 2.19 bits per heavy atom. The Balaban J connectivity index is 1.64. The Morgan fingerprint density at radius 3 is 2.94 bits per heavy atom. The Morgan fingerprint density at radius 1 is 1.39 bits per heavy atom. The van der Waals surface area contributed by atoms with Crippen LogP contribution < -0.4 is 10.6 Å². The number of hydrogen-bond donors (Lipinski definition) is 3. The summed E-state index contributed by atoms with van der Waals surface area (Å²) in [4.78, 5) is 29.0. The largest absolute Gasteiger partial charge is 0.465 e. The molecule has 4 rings (SSSR count). The molecule has 3 N–H and O–H groups in total. The van der Waals surface area contributed by atoms with Crippen LogP contribution in [-0.2, 0) is 0 Å². The van der Waals surface area contributed by atoms with Gasteiger partial charge in [0, 0.05) is 23.1 Å². The van der Waals surface area contributed by atoms with E-state index in [0.717, 1.165) is 11.3 Å². The molecular formula is C20H19F2N5O3S. The van der Waals surface area contributed by atoms with Gasteiger partial charge in [-0.3, -0.25) is 4.79 Å². The number of nitrogens with zero attached hydrogens (tertiary/aromatic N) is 3. The normalized spacial score (nSPS) is 20.3. The Labute approximate surface area is 179 Å². The molecule has 31 heavy (non-hydrogen) atoms. The second kappa shape index (κ2) is 8.06. The fourth-order valence-corrected chi connectivity index (χ4v) is 4.71. The number of carbonyl (C=O) groups excluding carboxylic acids is 1. The summed E-state index contributed by atoms with van der Waals surface area (Å²) in [6.07, 6.45) is 3.34. The van der Waals surface area contributed by atoms with Gasteiger partial charge in [0.2, 0.25) is 0 Å². The highest BCUT2D eigenvalue weighted by Crippen LogP contribution is 2.36. The lowest BCUT2D eigenvalue weighted by molar-refractivity contribution is -0.0711. The van der Waals surface area contributed by atoms with Gasteiger partial charge in [-0.1, -0.05) is 12.7 Å². The number of alkyl halides is 2. The number of thiophene rings is 1. The van der Waals surface area contributed by atoms with Gasteiger partial charge < -0.3 is 15.7 Å². The Kier molecular flexibility index (Phi) is 5.44. The van der Waals surface area contributed by atoms with Crippen molar-refractivity contribution in [2.75, 3.05) is 0 Å². The van der Waals surface area contributed by atoms with Crippen LogP contribution in [0.15, 0.2) is 37.2 Å². The molecule has 0 unspecified atom stereocenters. The Bertz CT molecular complexity index is 1160. The summed E-state index contributed by atoms with van der Waals surface area (Å²) in [6.45, 7) is 3.77. The van der Waals surface area contributed by atoms with Crippen LogP contribution in [0.1, 0.15) is 33.8 Å². The van der Waals surface area contributed by atoms with E-state index in [4.69, 9.17) is 5.11 Å². The first-order valence-electron chi connectivity index (χ1n) is 9.53. The average Bonchev–Trinajstić information content (AvgIpc) is 3.33. The third kappa shape index (κ3) is 4.00. The van der Waals surface area contributed by atoms with Crippen LogP contribution in [0.3, 0.4) is 0 Å². The van der Waals surface area contributed by atoms with E-state index >= 15 is 0 Å². The second-order valence-electron chi connectivity index (χ2n) is 7.19. The van der Waals surface area contributed by atoms with E-state index in [1.165, 1.54) is 0 Å². The fraction of sp³-hybridized carbons (Fsp3) is 0.300. The molecule has 2 atom stereocenters. The Hall–Kier alpha value is -3.34. The van der Waals surface area contributed by atoms with Gasteiger partial charge in [0.05, 0.1) is 22.8 Å². The standard InChI is InChI=1S/C20H19F2N5O3S/c1-2-14-11(13-10-23-16-6-4-8-24-27(13)16)9-15(31-14)18(28)26-17-12(25-19(29)30)5-3-7-20(17,21)22/h2,4,6,8-10,12,17,25H,1,3,5,7H2,(H,26,28)(H,29,30)/t12-,17-/m1/s1. The van der Waals surface area contributed by atoms with Crippen LogP contribution in [0.25, 0.3) is 23.0 Å². The molecule has 3 heterocycles. The quantitative estimate of drug-likeness (QED) is 0.553. The number of aromatic nitrogens is 3. The predicted molar refractivity (Wildman–Crippen MR) is 111 cm³/mol. The zero-order chi connectivity index (χ0) is 22.2. The minimum Gasteiger partial charge on any atom is -0.465 e. The topological polar surface area (TPSA) is 109 Å². The van der Waals surface area contributed by atoms with Crippen molar-refractivity contribution in [1.29, 1.82) is 0 Å². The van der Waals surface area contributed by atoms with E-state index in [1.807, 2.05) is 0 Å². The van der Waals surface area contributed by atoms with Crippen LogP contribution in [0.4, 0.5) is 13.6 Å². The smallest absolute Gasteiger partial charge is 0.404 e. The van der Waals surface area contributed by atoms with Gasteiger partial charge in [-0.15, -0.1) is 11.3 Å². The first-order chi connectivity index (χ1) is 14.8. The van der Waals surface area contributed by atoms with E-state index in [9.17, 15) is 18.4 Å². The van der Waals surface area contributed by atoms with Crippen LogP contribution in [0.5, 0.6) is 0 Å². The zero-order valence-electron chi connectivity index (χ0n) is 16.2. The molecule has 1 aliphatic carbocycles. The van der Waals surface area contributed by atoms with Crippen molar-refractivity contribution in [1.82, 2.24) is 25.2 Å². The molecule has 162 valence electrons. The maximum atomic E-state index is 14.5. The van der Waals surface area contributed by atoms with Gasteiger partial charge in [0.15, 0.2) is 5.65 Å². The van der Waals surface area contributed by atoms with Crippen molar-refractivity contribution in [2.45, 2.75) is 37.3 Å². The third-order valence-electron chi connectivity index (χ3n) is 5.20. The van der Waals surface area contributed by atoms with Crippen molar-refractivity contribution in [3.05, 3.63) is 46.9 Å². The van der Waals surface area contributed by atoms with E-state index in [2.05, 4.69) is 27.3 Å². The number of nitrogens with one attached hydrogen (secondary N) is 2. The molecule has 0 aromatic carbocycles. The minimum atomic E-state index is -3.23. The molecule has 1 fully saturated rings. The molecule has 1 saturated carbocycles. The number of imidazole rings is 1. The lowest BCUT2D eigenvalue weighted by Crippen LogP contribution is -2.61. The average molecular weight is 447 g/mol. The molecule has 3 aromatic heterocycles. The molecule has 0 aliphatic heterocycles. The number of fused-ring (bicyclic) bond motifs is 1. The van der Waals surface area contributed by atoms with Gasteiger partial charge in [0.1, 0.15) is 6.04 Å². The number of rotatable bonds is 5. The lowest BCUT2D eigenvalue weighted by atomic mass is 9.87. The number of hydrogen-bond acceptors (Lipinski definition) is 5. The highest BCUT2D eigenvalue weighted by Gasteiger charge is 2.48. The summed E-state index contributed by atoms with van der Waals surface area (Å²) in [7, 11) is 0. The molecule has 0 saturated heterocycles. The molecule has 11 heteroatoms. The lowest BCUT2D eigenvalue weighted by Gasteiger charge is -2.38. The second-order valence-corrected chi connectivity index (χ2v) is 8.27. The van der Waals surface area contributed by atoms with Crippen LogP contribution in [0.2, 0.25) is 0 Å². The maximum Gasteiger partial charge on any atom is 0.404 e. The van der Waals surface area contributed by atoms with Gasteiger partial charge in [-0.25, -0.2) is 23.1 Å². The fourth-order valence-electron chi connectivity index (χ4n) is 3.79. The van der Waals surface area contributed by atoms with Crippen LogP contribution in [0, 0.1) is 0 Å². The summed E-state index contributed by atoms with van der Waals surface area (Å²) in [5.74, 6) is -3.93. The van der Waals surface area contributed by atoms with Crippen molar-refractivity contribution >= 4 is 35.1 Å². The van der Waals surface area contributed by atoms with Gasteiger partial charge in [-0.05, 0) is 31.0 Å². The zero-order valence-corrected chi connectivity index (χ0v) is 17.0. The SMILES string of the molecule is C=Cc1sc(C(=O)N[C@@H]2[C@H](NC(=O)O)CCCC2(F)F)cc1-c1cnc2cccnn12. The first-order valence-corrected chi connectivity index (χ1v) is 10.4. The highest BCUT2D eigenvalue weighted by molar-refractivity contribution is 7.15. The third-order valence-corrected chi connectivity index (χ3v) is 6.33. The molecule has 2 amide bonds. The van der Waals surface area contributed by atoms with Gasteiger partial charge in [0.25, 0.3) is 11.8 Å². The summed E-state index contributed by atoms with van der Waals surface area (Å²) in [5.41, 5.74) is 1.90. The number of carboxylic acid groups (broad SMARTS) is 1. The van der Waals surface area contributed by atoms with Crippen molar-refractivity contribution in [3.8, 4) is 11.3 Å². The van der Waals surface area contributed by atoms with E-state index in [0.29, 0.717) is 21.8 Å². The van der Waals surface area contributed by atoms with E-state index in [1.54, 1.807) is 41.2 Å². The van der Waals surface area contributed by atoms with Crippen LogP contribution in [-0.4, -0.2) is 49.7 Å². The summed E-state index contributed by atoms with van der Waals surface area (Å²) < 4.78 is 30.6. The molecule has 0 bridgehead atoms. The number of halogens is 2. The minimum absolute atomic E-state index is 0.162. The molecule has 0 spiro atoms. The molecule has 0 radical (unpaired) electrons. The molecule has 3 aromatic rings. The van der Waals surface area contributed by atoms with E-state index in [-0.39, 0.29) is 17.7 Å². The highest BCUT2D eigenvalue weighted by atomic mass is 32.1. The summed E-state index contributed by atoms with van der Waals surface area (Å²) in [6, 6.07) is 2.39. The number of carbonyl (C=O) groups is 2. The van der Waals surface area contributed by atoms with Gasteiger partial charge >= 0.3 is 6.09 Å². The predicted octanol–water partition coefficient (Wildman–Crippen LogP) is 3.65. The maximum absolute atomic E-state index is 14.5. The summed E-state index contributed by atoms with van der Waals surface area (Å²) >= 11 is 1.10. The molecule has 1 aliphatic rings. The summed E-state index contributed by atoms with van der Waals surface area (Å²) in [5, 5.41) is 17.7. The first kappa shape index (κ1) is 20.9.